The molecule has 1 heterocycles. The molecular formula is C14H17F3N2O. The van der Waals surface area contributed by atoms with Gasteiger partial charge in [0.15, 0.2) is 0 Å². The fourth-order valence-corrected chi connectivity index (χ4v) is 2.48. The van der Waals surface area contributed by atoms with Gasteiger partial charge >= 0.3 is 6.18 Å². The van der Waals surface area contributed by atoms with Crippen molar-refractivity contribution in [2.24, 2.45) is 0 Å². The number of halogens is 3. The molecule has 0 saturated heterocycles. The summed E-state index contributed by atoms with van der Waals surface area (Å²) < 4.78 is 37.7. The zero-order valence-electron chi connectivity index (χ0n) is 11.2. The van der Waals surface area contributed by atoms with Crippen LogP contribution in [0.15, 0.2) is 24.3 Å². The molecular weight excluding hydrogens is 269 g/mol. The number of benzene rings is 1. The predicted molar refractivity (Wildman–Crippen MR) is 70.6 cm³/mol. The van der Waals surface area contributed by atoms with Crippen molar-refractivity contribution in [1.29, 1.82) is 0 Å². The highest BCUT2D eigenvalue weighted by Gasteiger charge is 2.37. The molecule has 1 aromatic rings. The van der Waals surface area contributed by atoms with E-state index in [-0.39, 0.29) is 6.54 Å². The number of nitrogens with one attached hydrogen (secondary N) is 1. The molecule has 110 valence electrons. The lowest BCUT2D eigenvalue weighted by molar-refractivity contribution is -0.161. The van der Waals surface area contributed by atoms with Gasteiger partial charge in [0.05, 0.1) is 5.92 Å². The van der Waals surface area contributed by atoms with Crippen LogP contribution in [0.3, 0.4) is 0 Å². The van der Waals surface area contributed by atoms with E-state index in [0.29, 0.717) is 13.0 Å². The van der Waals surface area contributed by atoms with Gasteiger partial charge in [0, 0.05) is 18.8 Å². The second kappa shape index (κ2) is 5.73. The van der Waals surface area contributed by atoms with Crippen molar-refractivity contribution < 1.29 is 18.0 Å². The lowest BCUT2D eigenvalue weighted by Crippen LogP contribution is -2.42. The Bertz CT molecular complexity index is 488. The van der Waals surface area contributed by atoms with E-state index in [0.717, 1.165) is 16.2 Å². The summed E-state index contributed by atoms with van der Waals surface area (Å²) in [6.07, 6.45) is -3.86. The number of anilines is 1. The van der Waals surface area contributed by atoms with Crippen molar-refractivity contribution in [3.63, 3.8) is 0 Å². The Kier molecular flexibility index (Phi) is 4.20. The lowest BCUT2D eigenvalue weighted by atomic mass is 9.99. The van der Waals surface area contributed by atoms with Crippen LogP contribution in [0, 0.1) is 0 Å². The van der Waals surface area contributed by atoms with Gasteiger partial charge < -0.3 is 10.2 Å². The van der Waals surface area contributed by atoms with Gasteiger partial charge in [0.2, 0.25) is 5.91 Å². The maximum atomic E-state index is 12.6. The van der Waals surface area contributed by atoms with Crippen molar-refractivity contribution >= 4 is 11.6 Å². The minimum absolute atomic E-state index is 0.122. The molecule has 1 aliphatic rings. The SMILES string of the molecule is CCCN(CC(F)(F)F)C(=O)C1CNc2ccccc21. The monoisotopic (exact) mass is 286 g/mol. The first-order valence-corrected chi connectivity index (χ1v) is 6.60. The largest absolute Gasteiger partial charge is 0.406 e. The minimum atomic E-state index is -4.36. The van der Waals surface area contributed by atoms with Crippen molar-refractivity contribution in [3.05, 3.63) is 29.8 Å². The maximum Gasteiger partial charge on any atom is 0.406 e. The first-order valence-electron chi connectivity index (χ1n) is 6.60. The van der Waals surface area contributed by atoms with E-state index >= 15 is 0 Å². The molecule has 1 atom stereocenters. The van der Waals surface area contributed by atoms with Crippen molar-refractivity contribution in [2.45, 2.75) is 25.4 Å². The van der Waals surface area contributed by atoms with E-state index in [1.165, 1.54) is 0 Å². The van der Waals surface area contributed by atoms with E-state index in [2.05, 4.69) is 5.32 Å². The van der Waals surface area contributed by atoms with Gasteiger partial charge in [-0.3, -0.25) is 4.79 Å². The quantitative estimate of drug-likeness (QED) is 0.923. The summed E-state index contributed by atoms with van der Waals surface area (Å²) in [4.78, 5) is 13.3. The second-order valence-electron chi connectivity index (χ2n) is 4.90. The van der Waals surface area contributed by atoms with Crippen LogP contribution in [0.1, 0.15) is 24.8 Å². The molecule has 0 radical (unpaired) electrons. The number of nitrogens with zero attached hydrogens (tertiary/aromatic N) is 1. The molecule has 1 aromatic carbocycles. The van der Waals surface area contributed by atoms with Crippen LogP contribution in [0.2, 0.25) is 0 Å². The molecule has 2 rings (SSSR count). The fourth-order valence-electron chi connectivity index (χ4n) is 2.48. The summed E-state index contributed by atoms with van der Waals surface area (Å²) in [6.45, 7) is 1.06. The molecule has 1 N–H and O–H groups in total. The summed E-state index contributed by atoms with van der Waals surface area (Å²) in [7, 11) is 0. The Morgan fingerprint density at radius 2 is 2.10 bits per heavy atom. The Morgan fingerprint density at radius 1 is 1.40 bits per heavy atom. The number of fused-ring (bicyclic) bond motifs is 1. The van der Waals surface area contributed by atoms with Gasteiger partial charge in [-0.2, -0.15) is 13.2 Å². The van der Waals surface area contributed by atoms with Crippen LogP contribution in [0.25, 0.3) is 0 Å². The van der Waals surface area contributed by atoms with E-state index in [1.54, 1.807) is 19.1 Å². The molecule has 1 unspecified atom stereocenters. The number of carbonyl (C=O) groups excluding carboxylic acids is 1. The highest BCUT2D eigenvalue weighted by molar-refractivity contribution is 5.88. The Labute approximate surface area is 115 Å². The van der Waals surface area contributed by atoms with Crippen molar-refractivity contribution in [3.8, 4) is 0 Å². The topological polar surface area (TPSA) is 32.3 Å². The predicted octanol–water partition coefficient (Wildman–Crippen LogP) is 3.00. The van der Waals surface area contributed by atoms with E-state index in [1.807, 2.05) is 12.1 Å². The maximum absolute atomic E-state index is 12.6. The molecule has 0 fully saturated rings. The molecule has 0 aromatic heterocycles. The van der Waals surface area contributed by atoms with E-state index in [4.69, 9.17) is 0 Å². The van der Waals surface area contributed by atoms with Gasteiger partial charge in [0.1, 0.15) is 6.54 Å². The number of hydrogen-bond acceptors (Lipinski definition) is 2. The molecule has 1 aliphatic heterocycles. The van der Waals surface area contributed by atoms with E-state index < -0.39 is 24.5 Å². The Hall–Kier alpha value is -1.72. The van der Waals surface area contributed by atoms with Crippen LogP contribution < -0.4 is 5.32 Å². The average Bonchev–Trinajstić information content (AvgIpc) is 2.79. The fraction of sp³-hybridized carbons (Fsp3) is 0.500. The number of carbonyl (C=O) groups is 1. The minimum Gasteiger partial charge on any atom is -0.384 e. The molecule has 0 bridgehead atoms. The number of amides is 1. The molecule has 20 heavy (non-hydrogen) atoms. The molecule has 6 heteroatoms. The third-order valence-corrected chi connectivity index (χ3v) is 3.31. The Balaban J connectivity index is 2.17. The third-order valence-electron chi connectivity index (χ3n) is 3.31. The van der Waals surface area contributed by atoms with Crippen molar-refractivity contribution in [2.75, 3.05) is 25.0 Å². The summed E-state index contributed by atoms with van der Waals surface area (Å²) in [6, 6.07) is 7.24. The van der Waals surface area contributed by atoms with Gasteiger partial charge in [-0.1, -0.05) is 25.1 Å². The zero-order chi connectivity index (χ0) is 14.8. The number of alkyl halides is 3. The van der Waals surface area contributed by atoms with Gasteiger partial charge in [-0.25, -0.2) is 0 Å². The van der Waals surface area contributed by atoms with Crippen LogP contribution >= 0.6 is 0 Å². The smallest absolute Gasteiger partial charge is 0.384 e. The van der Waals surface area contributed by atoms with Gasteiger partial charge in [-0.05, 0) is 18.1 Å². The van der Waals surface area contributed by atoms with Gasteiger partial charge in [0.25, 0.3) is 0 Å². The van der Waals surface area contributed by atoms with Crippen molar-refractivity contribution in [1.82, 2.24) is 4.90 Å². The van der Waals surface area contributed by atoms with Crippen LogP contribution in [-0.2, 0) is 4.79 Å². The van der Waals surface area contributed by atoms with Crippen LogP contribution in [-0.4, -0.2) is 36.6 Å². The summed E-state index contributed by atoms with van der Waals surface area (Å²) in [5.41, 5.74) is 1.61. The standard InChI is InChI=1S/C14H17F3N2O/c1-2-7-19(9-14(15,16)17)13(20)11-8-18-12-6-4-3-5-10(11)12/h3-6,11,18H,2,7-9H2,1H3. The Morgan fingerprint density at radius 3 is 2.75 bits per heavy atom. The molecule has 0 spiro atoms. The third kappa shape index (κ3) is 3.23. The number of rotatable bonds is 4. The zero-order valence-corrected chi connectivity index (χ0v) is 11.2. The highest BCUT2D eigenvalue weighted by Crippen LogP contribution is 2.33. The molecule has 0 aliphatic carbocycles. The van der Waals surface area contributed by atoms with Gasteiger partial charge in [-0.15, -0.1) is 0 Å². The summed E-state index contributed by atoms with van der Waals surface area (Å²) in [5, 5.41) is 3.06. The highest BCUT2D eigenvalue weighted by atomic mass is 19.4. The van der Waals surface area contributed by atoms with Crippen LogP contribution in [0.4, 0.5) is 18.9 Å². The molecule has 3 nitrogen and oxygen atoms in total. The lowest BCUT2D eigenvalue weighted by Gasteiger charge is -2.26. The summed E-state index contributed by atoms with van der Waals surface area (Å²) >= 11 is 0. The number of hydrogen-bond donors (Lipinski definition) is 1. The molecule has 0 saturated carbocycles. The van der Waals surface area contributed by atoms with E-state index in [9.17, 15) is 18.0 Å². The average molecular weight is 286 g/mol. The normalized spacial score (nSPS) is 17.5. The number of para-hydroxylation sites is 1. The van der Waals surface area contributed by atoms with Crippen LogP contribution in [0.5, 0.6) is 0 Å². The second-order valence-corrected chi connectivity index (χ2v) is 4.90. The first-order chi connectivity index (χ1) is 9.42. The first kappa shape index (κ1) is 14.7. The molecule has 1 amide bonds. The summed E-state index contributed by atoms with van der Waals surface area (Å²) in [5.74, 6) is -0.985.